The van der Waals surface area contributed by atoms with E-state index in [1.165, 1.54) is 38.8 Å². The number of aliphatic hydroxyl groups excluding tert-OH is 1. The lowest BCUT2D eigenvalue weighted by atomic mass is 9.42. The standard InChI is InChI=1S/C25H39NO3/c1-24-9-7-15(3-4-16-12-26-13-16)11-20(24)17(14-27)23(29)22-18-5-6-21(28)25(18,2)10-8-19(22)24/h15-20,22,26-27H,3-14H2,1-2H3/t15-,17+,18?,19?,20?,22?,24+,25-/m0/s1. The number of ketones is 2. The van der Waals surface area contributed by atoms with Gasteiger partial charge in [0.2, 0.25) is 0 Å². The summed E-state index contributed by atoms with van der Waals surface area (Å²) in [5.74, 6) is 3.05. The summed E-state index contributed by atoms with van der Waals surface area (Å²) in [7, 11) is 0. The maximum absolute atomic E-state index is 13.7. The van der Waals surface area contributed by atoms with E-state index in [0.29, 0.717) is 35.7 Å². The van der Waals surface area contributed by atoms with Crippen molar-refractivity contribution in [2.45, 2.75) is 71.6 Å². The van der Waals surface area contributed by atoms with Crippen LogP contribution < -0.4 is 5.32 Å². The molecule has 1 saturated heterocycles. The zero-order valence-corrected chi connectivity index (χ0v) is 18.3. The van der Waals surface area contributed by atoms with Crippen LogP contribution in [-0.4, -0.2) is 36.4 Å². The molecule has 4 nitrogen and oxygen atoms in total. The van der Waals surface area contributed by atoms with Gasteiger partial charge in [0.25, 0.3) is 0 Å². The first kappa shape index (κ1) is 20.2. The molecule has 162 valence electrons. The van der Waals surface area contributed by atoms with Crippen LogP contribution in [-0.2, 0) is 9.59 Å². The van der Waals surface area contributed by atoms with Crippen LogP contribution in [0, 0.1) is 52.3 Å². The third-order valence-electron chi connectivity index (χ3n) is 10.6. The van der Waals surface area contributed by atoms with E-state index >= 15 is 0 Å². The number of carbonyl (C=O) groups is 2. The van der Waals surface area contributed by atoms with Gasteiger partial charge in [-0.25, -0.2) is 0 Å². The molecule has 5 rings (SSSR count). The fourth-order valence-electron chi connectivity index (χ4n) is 8.53. The Morgan fingerprint density at radius 1 is 0.966 bits per heavy atom. The fraction of sp³-hybridized carbons (Fsp3) is 0.920. The number of fused-ring (bicyclic) bond motifs is 5. The van der Waals surface area contributed by atoms with Crippen LogP contribution >= 0.6 is 0 Å². The molecule has 4 aliphatic carbocycles. The third kappa shape index (κ3) is 2.91. The highest BCUT2D eigenvalue weighted by molar-refractivity contribution is 5.91. The fourth-order valence-corrected chi connectivity index (χ4v) is 8.53. The van der Waals surface area contributed by atoms with E-state index in [-0.39, 0.29) is 35.2 Å². The van der Waals surface area contributed by atoms with Gasteiger partial charge >= 0.3 is 0 Å². The first-order valence-electron chi connectivity index (χ1n) is 12.3. The number of carbonyl (C=O) groups excluding carboxylic acids is 2. The van der Waals surface area contributed by atoms with Crippen LogP contribution in [0.5, 0.6) is 0 Å². The maximum atomic E-state index is 13.7. The molecule has 29 heavy (non-hydrogen) atoms. The van der Waals surface area contributed by atoms with Gasteiger partial charge in [0.1, 0.15) is 11.6 Å². The van der Waals surface area contributed by atoms with Gasteiger partial charge in [-0.3, -0.25) is 9.59 Å². The summed E-state index contributed by atoms with van der Waals surface area (Å²) in [6.45, 7) is 6.92. The third-order valence-corrected chi connectivity index (χ3v) is 10.6. The first-order chi connectivity index (χ1) is 13.9. The molecule has 4 unspecified atom stereocenters. The molecule has 0 aromatic carbocycles. The first-order valence-corrected chi connectivity index (χ1v) is 12.3. The maximum Gasteiger partial charge on any atom is 0.142 e. The van der Waals surface area contributed by atoms with Gasteiger partial charge in [0.15, 0.2) is 0 Å². The summed E-state index contributed by atoms with van der Waals surface area (Å²) in [5.41, 5.74) is -0.124. The van der Waals surface area contributed by atoms with Crippen molar-refractivity contribution in [1.82, 2.24) is 5.32 Å². The second-order valence-corrected chi connectivity index (χ2v) is 11.7. The van der Waals surface area contributed by atoms with Crippen LogP contribution in [0.1, 0.15) is 71.6 Å². The Kier molecular flexibility index (Phi) is 4.98. The SMILES string of the molecule is C[C@]12CC[C@H](CCC3CNC3)CC1[C@@H](CO)C(=O)C1C2CC[C@]2(C)C(=O)CCC12. The monoisotopic (exact) mass is 401 g/mol. The number of rotatable bonds is 4. The highest BCUT2D eigenvalue weighted by Gasteiger charge is 2.65. The highest BCUT2D eigenvalue weighted by Crippen LogP contribution is 2.66. The Morgan fingerprint density at radius 3 is 2.41 bits per heavy atom. The van der Waals surface area contributed by atoms with Crippen molar-refractivity contribution in [1.29, 1.82) is 0 Å². The molecule has 4 heteroatoms. The molecule has 2 N–H and O–H groups in total. The second-order valence-electron chi connectivity index (χ2n) is 11.7. The van der Waals surface area contributed by atoms with Crippen molar-refractivity contribution in [2.24, 2.45) is 52.3 Å². The largest absolute Gasteiger partial charge is 0.396 e. The van der Waals surface area contributed by atoms with Crippen LogP contribution in [0.2, 0.25) is 0 Å². The van der Waals surface area contributed by atoms with E-state index in [1.807, 2.05) is 0 Å². The summed E-state index contributed by atoms with van der Waals surface area (Å²) in [6.07, 6.45) is 9.74. The molecule has 1 heterocycles. The molecular formula is C25H39NO3. The predicted octanol–water partition coefficient (Wildman–Crippen LogP) is 3.61. The number of Topliss-reactive ketones (excluding diaryl/α,β-unsaturated/α-hetero) is 2. The van der Waals surface area contributed by atoms with E-state index < -0.39 is 0 Å². The van der Waals surface area contributed by atoms with Crippen LogP contribution in [0.3, 0.4) is 0 Å². The van der Waals surface area contributed by atoms with E-state index in [0.717, 1.165) is 31.6 Å². The molecule has 5 aliphatic rings. The van der Waals surface area contributed by atoms with E-state index in [1.54, 1.807) is 0 Å². The quantitative estimate of drug-likeness (QED) is 0.755. The van der Waals surface area contributed by atoms with E-state index in [9.17, 15) is 14.7 Å². The van der Waals surface area contributed by atoms with Gasteiger partial charge in [-0.05, 0) is 93.0 Å². The van der Waals surface area contributed by atoms with E-state index in [2.05, 4.69) is 19.2 Å². The molecule has 4 saturated carbocycles. The minimum absolute atomic E-state index is 0.00104. The summed E-state index contributed by atoms with van der Waals surface area (Å²) < 4.78 is 0. The Balaban J connectivity index is 1.39. The number of nitrogens with one attached hydrogen (secondary N) is 1. The number of hydrogen-bond donors (Lipinski definition) is 2. The molecule has 0 aromatic heterocycles. The van der Waals surface area contributed by atoms with Crippen LogP contribution in [0.15, 0.2) is 0 Å². The Bertz CT molecular complexity index is 688. The van der Waals surface area contributed by atoms with Crippen molar-refractivity contribution in [2.75, 3.05) is 19.7 Å². The highest BCUT2D eigenvalue weighted by atomic mass is 16.3. The molecule has 1 aliphatic heterocycles. The van der Waals surface area contributed by atoms with Crippen molar-refractivity contribution in [3.63, 3.8) is 0 Å². The minimum atomic E-state index is -0.284. The summed E-state index contributed by atoms with van der Waals surface area (Å²) >= 11 is 0. The average Bonchev–Trinajstić information content (AvgIpc) is 2.97. The van der Waals surface area contributed by atoms with Gasteiger partial charge in [0, 0.05) is 23.7 Å². The predicted molar refractivity (Wildman–Crippen MR) is 112 cm³/mol. The molecule has 0 spiro atoms. The second kappa shape index (κ2) is 7.15. The molecule has 0 aromatic rings. The van der Waals surface area contributed by atoms with Crippen molar-refractivity contribution >= 4 is 11.6 Å². The van der Waals surface area contributed by atoms with Gasteiger partial charge < -0.3 is 10.4 Å². The molecule has 5 fully saturated rings. The molecule has 0 radical (unpaired) electrons. The van der Waals surface area contributed by atoms with Crippen molar-refractivity contribution < 1.29 is 14.7 Å². The lowest BCUT2D eigenvalue weighted by molar-refractivity contribution is -0.172. The van der Waals surface area contributed by atoms with Gasteiger partial charge in [-0.2, -0.15) is 0 Å². The van der Waals surface area contributed by atoms with Crippen molar-refractivity contribution in [3.8, 4) is 0 Å². The molecule has 0 bridgehead atoms. The minimum Gasteiger partial charge on any atom is -0.396 e. The van der Waals surface area contributed by atoms with Crippen LogP contribution in [0.4, 0.5) is 0 Å². The summed E-state index contributed by atoms with van der Waals surface area (Å²) in [4.78, 5) is 26.4. The van der Waals surface area contributed by atoms with Gasteiger partial charge in [-0.1, -0.05) is 20.3 Å². The Labute approximate surface area is 175 Å². The normalized spacial score (nSPS) is 49.9. The van der Waals surface area contributed by atoms with Crippen LogP contribution in [0.25, 0.3) is 0 Å². The van der Waals surface area contributed by atoms with Gasteiger partial charge in [-0.15, -0.1) is 0 Å². The smallest absolute Gasteiger partial charge is 0.142 e. The Morgan fingerprint density at radius 2 is 1.72 bits per heavy atom. The molecule has 0 amide bonds. The summed E-state index contributed by atoms with van der Waals surface area (Å²) in [5, 5.41) is 13.7. The number of aliphatic hydroxyl groups is 1. The van der Waals surface area contributed by atoms with Crippen molar-refractivity contribution in [3.05, 3.63) is 0 Å². The molecule has 8 atom stereocenters. The van der Waals surface area contributed by atoms with E-state index in [4.69, 9.17) is 0 Å². The zero-order chi connectivity index (χ0) is 20.4. The molecular weight excluding hydrogens is 362 g/mol. The lowest BCUT2D eigenvalue weighted by Gasteiger charge is -2.61. The lowest BCUT2D eigenvalue weighted by Crippen LogP contribution is -2.61. The number of hydrogen-bond acceptors (Lipinski definition) is 4. The average molecular weight is 402 g/mol. The Hall–Kier alpha value is -0.740. The topological polar surface area (TPSA) is 66.4 Å². The summed E-state index contributed by atoms with van der Waals surface area (Å²) in [6, 6.07) is 0. The van der Waals surface area contributed by atoms with Gasteiger partial charge in [0.05, 0.1) is 6.61 Å². The zero-order valence-electron chi connectivity index (χ0n) is 18.3.